The van der Waals surface area contributed by atoms with Crippen molar-refractivity contribution in [2.45, 2.75) is 12.3 Å². The first-order valence-electron chi connectivity index (χ1n) is 10.7. The third kappa shape index (κ3) is 3.37. The Kier molecular flexibility index (Phi) is 5.30. The van der Waals surface area contributed by atoms with Crippen LogP contribution < -0.4 is 16.0 Å². The van der Waals surface area contributed by atoms with E-state index in [0.717, 1.165) is 12.1 Å². The molecule has 5 rings (SSSR count). The van der Waals surface area contributed by atoms with Crippen molar-refractivity contribution in [1.29, 1.82) is 0 Å². The number of aliphatic hydroxyl groups is 1. The van der Waals surface area contributed by atoms with Gasteiger partial charge in [-0.25, -0.2) is 4.39 Å². The Balaban J connectivity index is 1.81. The molecule has 3 aromatic carbocycles. The number of aromatic nitrogens is 1. The molecule has 0 fully saturated rings. The minimum absolute atomic E-state index is 0.0178. The smallest absolute Gasteiger partial charge is 0.258 e. The van der Waals surface area contributed by atoms with Gasteiger partial charge in [0.15, 0.2) is 5.72 Å². The number of rotatable bonds is 4. The van der Waals surface area contributed by atoms with E-state index < -0.39 is 17.4 Å². The number of halogens is 2. The summed E-state index contributed by atoms with van der Waals surface area (Å²) in [4.78, 5) is 27.9. The van der Waals surface area contributed by atoms with E-state index in [1.165, 1.54) is 27.8 Å². The van der Waals surface area contributed by atoms with E-state index in [4.69, 9.17) is 22.1 Å². The third-order valence-electron chi connectivity index (χ3n) is 6.42. The van der Waals surface area contributed by atoms with E-state index in [-0.39, 0.29) is 44.9 Å². The molecule has 7 nitrogen and oxygen atoms in total. The number of fused-ring (bicyclic) bond motifs is 3. The minimum Gasteiger partial charge on any atom is -0.497 e. The number of nitrogen functional groups attached to an aromatic ring is 1. The van der Waals surface area contributed by atoms with Gasteiger partial charge in [-0.3, -0.25) is 14.5 Å². The molecule has 2 heterocycles. The Morgan fingerprint density at radius 3 is 2.49 bits per heavy atom. The molecule has 35 heavy (non-hydrogen) atoms. The van der Waals surface area contributed by atoms with Crippen molar-refractivity contribution >= 4 is 34.0 Å². The molecule has 0 spiro atoms. The molecule has 4 aromatic rings. The van der Waals surface area contributed by atoms with E-state index in [9.17, 15) is 19.1 Å². The van der Waals surface area contributed by atoms with E-state index in [1.807, 2.05) is 0 Å². The highest BCUT2D eigenvalue weighted by Crippen LogP contribution is 2.49. The van der Waals surface area contributed by atoms with Crippen molar-refractivity contribution in [3.63, 3.8) is 0 Å². The second-order valence-corrected chi connectivity index (χ2v) is 8.85. The second kappa shape index (κ2) is 8.11. The Morgan fingerprint density at radius 2 is 1.80 bits per heavy atom. The third-order valence-corrected chi connectivity index (χ3v) is 6.75. The van der Waals surface area contributed by atoms with Crippen molar-refractivity contribution in [2.24, 2.45) is 7.05 Å². The van der Waals surface area contributed by atoms with Crippen LogP contribution in [0.4, 0.5) is 10.1 Å². The first-order chi connectivity index (χ1) is 16.7. The van der Waals surface area contributed by atoms with Gasteiger partial charge >= 0.3 is 0 Å². The Hall–Kier alpha value is -3.88. The number of pyridine rings is 1. The number of hydrogen-bond acceptors (Lipinski definition) is 5. The normalized spacial score (nSPS) is 17.2. The number of carbonyl (C=O) groups is 1. The highest BCUT2D eigenvalue weighted by molar-refractivity contribution is 6.31. The molecule has 1 atom stereocenters. The summed E-state index contributed by atoms with van der Waals surface area (Å²) in [7, 11) is 3.13. The monoisotopic (exact) mass is 493 g/mol. The van der Waals surface area contributed by atoms with Crippen molar-refractivity contribution in [1.82, 2.24) is 9.47 Å². The molecule has 1 amide bonds. The lowest BCUT2D eigenvalue weighted by Gasteiger charge is -2.36. The molecule has 9 heteroatoms. The molecule has 1 aliphatic heterocycles. The molecule has 0 saturated carbocycles. The quantitative estimate of drug-likeness (QED) is 0.422. The lowest BCUT2D eigenvalue weighted by Crippen LogP contribution is -2.44. The van der Waals surface area contributed by atoms with Gasteiger partial charge in [-0.15, -0.1) is 0 Å². The van der Waals surface area contributed by atoms with Crippen molar-refractivity contribution in [2.75, 3.05) is 12.8 Å². The highest BCUT2D eigenvalue weighted by atomic mass is 35.5. The fraction of sp³-hybridized carbons (Fsp3) is 0.154. The van der Waals surface area contributed by atoms with Crippen LogP contribution in [-0.4, -0.2) is 27.6 Å². The van der Waals surface area contributed by atoms with Crippen LogP contribution in [0.15, 0.2) is 65.6 Å². The maximum Gasteiger partial charge on any atom is 0.258 e. The van der Waals surface area contributed by atoms with Crippen LogP contribution >= 0.6 is 11.6 Å². The minimum atomic E-state index is -2.19. The highest BCUT2D eigenvalue weighted by Gasteiger charge is 2.53. The number of anilines is 1. The molecule has 1 aromatic heterocycles. The van der Waals surface area contributed by atoms with Crippen molar-refractivity contribution in [3.8, 4) is 5.75 Å². The van der Waals surface area contributed by atoms with Gasteiger partial charge in [0.1, 0.15) is 11.6 Å². The van der Waals surface area contributed by atoms with Gasteiger partial charge in [0.2, 0.25) is 0 Å². The number of aryl methyl sites for hydroxylation is 1. The fourth-order valence-corrected chi connectivity index (χ4v) is 4.92. The predicted molar refractivity (Wildman–Crippen MR) is 131 cm³/mol. The maximum atomic E-state index is 14.4. The standard InChI is InChI=1S/C26H21ClFN3O4/c1-30-10-9-17-18(24(30)32)12-21(29)23-22(17)25(33)31(13-14-3-6-16(35-2)7-4-14)26(23,34)19-11-15(28)5-8-20(19)27/h3-12,34H,13,29H2,1-2H3. The van der Waals surface area contributed by atoms with Gasteiger partial charge in [0.25, 0.3) is 11.5 Å². The summed E-state index contributed by atoms with van der Waals surface area (Å²) in [6.07, 6.45) is 1.54. The van der Waals surface area contributed by atoms with Gasteiger partial charge in [-0.05, 0) is 48.0 Å². The summed E-state index contributed by atoms with van der Waals surface area (Å²) >= 11 is 6.43. The summed E-state index contributed by atoms with van der Waals surface area (Å²) in [6.45, 7) is -0.0490. The number of ether oxygens (including phenoxy) is 1. The molecule has 3 N–H and O–H groups in total. The van der Waals surface area contributed by atoms with Gasteiger partial charge in [0.05, 0.1) is 18.1 Å². The van der Waals surface area contributed by atoms with Crippen LogP contribution in [0.2, 0.25) is 5.02 Å². The maximum absolute atomic E-state index is 14.4. The first-order valence-corrected chi connectivity index (χ1v) is 11.1. The van der Waals surface area contributed by atoms with E-state index >= 15 is 0 Å². The van der Waals surface area contributed by atoms with Gasteiger partial charge in [0, 0.05) is 47.0 Å². The Labute approximate surface area is 204 Å². The molecular weight excluding hydrogens is 473 g/mol. The lowest BCUT2D eigenvalue weighted by molar-refractivity contribution is -0.0539. The van der Waals surface area contributed by atoms with E-state index in [2.05, 4.69) is 0 Å². The largest absolute Gasteiger partial charge is 0.497 e. The zero-order valence-electron chi connectivity index (χ0n) is 18.9. The zero-order chi connectivity index (χ0) is 25.1. The summed E-state index contributed by atoms with van der Waals surface area (Å²) in [5.41, 5.74) is 4.64. The van der Waals surface area contributed by atoms with Gasteiger partial charge < -0.3 is 20.1 Å². The van der Waals surface area contributed by atoms with E-state index in [1.54, 1.807) is 44.5 Å². The van der Waals surface area contributed by atoms with E-state index in [0.29, 0.717) is 16.7 Å². The first kappa shape index (κ1) is 22.9. The molecule has 178 valence electrons. The van der Waals surface area contributed by atoms with Gasteiger partial charge in [-0.1, -0.05) is 23.7 Å². The number of carbonyl (C=O) groups excluding carboxylic acids is 1. The number of benzene rings is 3. The molecule has 0 radical (unpaired) electrons. The number of methoxy groups -OCH3 is 1. The predicted octanol–water partition coefficient (Wildman–Crippen LogP) is 3.77. The number of nitrogens with zero attached hydrogens (tertiary/aromatic N) is 2. The molecular formula is C26H21ClFN3O4. The SMILES string of the molecule is COc1ccc(CN2C(=O)c3c(c(N)cc4c(=O)n(C)ccc34)C2(O)c2cc(F)ccc2Cl)cc1. The molecule has 1 unspecified atom stereocenters. The number of amides is 1. The zero-order valence-corrected chi connectivity index (χ0v) is 19.6. The average molecular weight is 494 g/mol. The van der Waals surface area contributed by atoms with Crippen LogP contribution in [-0.2, 0) is 19.3 Å². The summed E-state index contributed by atoms with van der Waals surface area (Å²) < 4.78 is 20.9. The molecule has 0 saturated heterocycles. The molecule has 1 aliphatic rings. The fourth-order valence-electron chi connectivity index (χ4n) is 4.67. The topological polar surface area (TPSA) is 97.8 Å². The van der Waals surface area contributed by atoms with Crippen LogP contribution in [0, 0.1) is 5.82 Å². The lowest BCUT2D eigenvalue weighted by atomic mass is 9.89. The summed E-state index contributed by atoms with van der Waals surface area (Å²) in [5.74, 6) is -0.583. The Bertz CT molecular complexity index is 1570. The molecule has 0 aliphatic carbocycles. The van der Waals surface area contributed by atoms with Crippen LogP contribution in [0.5, 0.6) is 5.75 Å². The Morgan fingerprint density at radius 1 is 1.09 bits per heavy atom. The molecule has 0 bridgehead atoms. The second-order valence-electron chi connectivity index (χ2n) is 8.44. The van der Waals surface area contributed by atoms with Crippen LogP contribution in [0.3, 0.4) is 0 Å². The summed E-state index contributed by atoms with van der Waals surface area (Å²) in [5, 5.41) is 12.9. The van der Waals surface area contributed by atoms with Crippen molar-refractivity contribution in [3.05, 3.63) is 104 Å². The van der Waals surface area contributed by atoms with Crippen LogP contribution in [0.1, 0.15) is 27.0 Å². The van der Waals surface area contributed by atoms with Gasteiger partial charge in [-0.2, -0.15) is 0 Å². The number of hydrogen-bond donors (Lipinski definition) is 2. The number of nitrogens with two attached hydrogens (primary N) is 1. The van der Waals surface area contributed by atoms with Crippen LogP contribution in [0.25, 0.3) is 10.8 Å². The average Bonchev–Trinajstić information content (AvgIpc) is 3.07. The van der Waals surface area contributed by atoms with Crippen molar-refractivity contribution < 1.29 is 19.0 Å². The summed E-state index contributed by atoms with van der Waals surface area (Å²) in [6, 6.07) is 13.6.